The monoisotopic (exact) mass is 917 g/mol. The SMILES string of the molecule is CC(C)Oc1cccc(-c2c(C(C)C)cc(C(C)C)cc2C(C)C)c1P(C1CCCCC1)C1CCCCC1.CS(=O)(=O)O.C[N-]c1ccccc1-c1[c]cccc1.[Pd]. The summed E-state index contributed by atoms with van der Waals surface area (Å²) in [6.07, 6.45) is 15.1. The maximum absolute atomic E-state index is 9.19. The van der Waals surface area contributed by atoms with Gasteiger partial charge in [0.25, 0.3) is 10.1 Å². The van der Waals surface area contributed by atoms with Crippen LogP contribution >= 0.6 is 7.92 Å². The summed E-state index contributed by atoms with van der Waals surface area (Å²) in [5, 5.41) is 5.85. The largest absolute Gasteiger partial charge is 0.686 e. The molecule has 0 saturated heterocycles. The molecular weight excluding hydrogens is 848 g/mol. The first-order valence-corrected chi connectivity index (χ1v) is 24.8. The summed E-state index contributed by atoms with van der Waals surface area (Å²) in [5.41, 5.74) is 12.5. The van der Waals surface area contributed by atoms with E-state index in [-0.39, 0.29) is 34.4 Å². The summed E-state index contributed by atoms with van der Waals surface area (Å²) < 4.78 is 32.6. The van der Waals surface area contributed by atoms with Crippen LogP contribution in [0, 0.1) is 6.07 Å². The Hall–Kier alpha value is -2.52. The van der Waals surface area contributed by atoms with Crippen molar-refractivity contribution in [3.63, 3.8) is 0 Å². The molecule has 0 amide bonds. The smallest absolute Gasteiger partial charge is 0.261 e. The van der Waals surface area contributed by atoms with Crippen molar-refractivity contribution in [1.29, 1.82) is 0 Å². The van der Waals surface area contributed by atoms with Gasteiger partial charge in [0, 0.05) is 25.7 Å². The van der Waals surface area contributed by atoms with Gasteiger partial charge in [-0.05, 0) is 120 Å². The first kappa shape index (κ1) is 49.8. The Labute approximate surface area is 368 Å². The first-order chi connectivity index (χ1) is 27.1. The number of para-hydroxylation sites is 1. The van der Waals surface area contributed by atoms with E-state index in [1.54, 1.807) is 5.30 Å². The van der Waals surface area contributed by atoms with Crippen LogP contribution in [0.5, 0.6) is 5.75 Å². The molecule has 1 radical (unpaired) electrons. The molecule has 2 saturated carbocycles. The summed E-state index contributed by atoms with van der Waals surface area (Å²) in [6, 6.07) is 31.4. The van der Waals surface area contributed by atoms with Crippen LogP contribution in [0.4, 0.5) is 5.69 Å². The summed E-state index contributed by atoms with van der Waals surface area (Å²) >= 11 is 0. The van der Waals surface area contributed by atoms with Crippen molar-refractivity contribution >= 4 is 29.0 Å². The molecule has 4 aromatic rings. The fourth-order valence-corrected chi connectivity index (χ4v) is 12.5. The zero-order valence-corrected chi connectivity index (χ0v) is 40.1. The molecule has 0 aromatic heterocycles. The standard InChI is InChI=1S/C36H55OP.C13H11N.CH4O3S.Pd/c1-24(2)28-22-32(25(3)4)35(33(23-28)26(5)6)31-20-15-21-34(37-27(7)8)36(31)38(29-16-11-9-12-17-29)30-18-13-10-14-19-30;1-14-13-10-6-5-9-12(13)11-7-3-2-4-8-11;1-5(2,3)4;/h15,20-27,29-30H,9-14,16-19H2,1-8H3;2-7,9-10H,1H3;1H3,(H,2,3,4);/q;-1;;. The van der Waals surface area contributed by atoms with E-state index < -0.39 is 10.1 Å². The van der Waals surface area contributed by atoms with Gasteiger partial charge in [0.2, 0.25) is 0 Å². The number of ether oxygens (including phenoxy) is 1. The van der Waals surface area contributed by atoms with Crippen LogP contribution in [0.15, 0.2) is 78.9 Å². The third-order valence-electron chi connectivity index (χ3n) is 11.1. The normalized spacial score (nSPS) is 15.1. The summed E-state index contributed by atoms with van der Waals surface area (Å²) in [7, 11) is -2.16. The minimum Gasteiger partial charge on any atom is -0.686 e. The van der Waals surface area contributed by atoms with Gasteiger partial charge < -0.3 is 10.1 Å². The Bertz CT molecular complexity index is 1880. The molecule has 1 N–H and O–H groups in total. The maximum Gasteiger partial charge on any atom is 0.261 e. The van der Waals surface area contributed by atoms with E-state index in [4.69, 9.17) is 9.29 Å². The second-order valence-electron chi connectivity index (χ2n) is 17.1. The second kappa shape index (κ2) is 24.1. The van der Waals surface area contributed by atoms with Crippen molar-refractivity contribution in [1.82, 2.24) is 0 Å². The van der Waals surface area contributed by atoms with Crippen molar-refractivity contribution in [2.75, 3.05) is 13.3 Å². The third-order valence-corrected chi connectivity index (χ3v) is 14.7. The Morgan fingerprint density at radius 2 is 1.21 bits per heavy atom. The molecule has 0 unspecified atom stereocenters. The average Bonchev–Trinajstić information content (AvgIpc) is 3.18. The Morgan fingerprint density at radius 3 is 1.66 bits per heavy atom. The van der Waals surface area contributed by atoms with Crippen molar-refractivity contribution in [3.05, 3.63) is 107 Å². The van der Waals surface area contributed by atoms with Gasteiger partial charge in [0.15, 0.2) is 0 Å². The van der Waals surface area contributed by atoms with Gasteiger partial charge in [0.05, 0.1) is 12.4 Å². The molecule has 0 heterocycles. The molecule has 0 atom stereocenters. The molecule has 0 bridgehead atoms. The zero-order chi connectivity index (χ0) is 41.7. The molecule has 321 valence electrons. The Kier molecular flexibility index (Phi) is 20.7. The van der Waals surface area contributed by atoms with Crippen LogP contribution in [0.2, 0.25) is 0 Å². The quantitative estimate of drug-likeness (QED) is 0.0924. The number of hydrogen-bond acceptors (Lipinski definition) is 3. The number of hydrogen-bond donors (Lipinski definition) is 1. The molecule has 0 spiro atoms. The van der Waals surface area contributed by atoms with Gasteiger partial charge in [-0.2, -0.15) is 8.42 Å². The maximum atomic E-state index is 9.19. The predicted molar refractivity (Wildman–Crippen MR) is 247 cm³/mol. The van der Waals surface area contributed by atoms with Crippen molar-refractivity contribution in [3.8, 4) is 28.0 Å². The van der Waals surface area contributed by atoms with E-state index in [1.807, 2.05) is 49.5 Å². The minimum absolute atomic E-state index is 0. The van der Waals surface area contributed by atoms with Gasteiger partial charge in [-0.1, -0.05) is 161 Å². The average molecular weight is 919 g/mol. The summed E-state index contributed by atoms with van der Waals surface area (Å²) in [6.45, 7) is 18.7. The molecule has 4 aromatic carbocycles. The fraction of sp³-hybridized carbons (Fsp3) is 0.520. The van der Waals surface area contributed by atoms with Crippen LogP contribution in [-0.4, -0.2) is 43.7 Å². The van der Waals surface area contributed by atoms with Crippen LogP contribution in [0.1, 0.15) is 154 Å². The first-order valence-electron chi connectivity index (χ1n) is 21.4. The van der Waals surface area contributed by atoms with E-state index in [1.165, 1.54) is 97.8 Å². The van der Waals surface area contributed by atoms with E-state index in [0.717, 1.165) is 28.1 Å². The zero-order valence-electron chi connectivity index (χ0n) is 36.8. The number of nitrogens with zero attached hydrogens (tertiary/aromatic N) is 1. The topological polar surface area (TPSA) is 77.7 Å². The van der Waals surface area contributed by atoms with Crippen LogP contribution in [0.25, 0.3) is 27.6 Å². The number of rotatable bonds is 11. The molecule has 2 aliphatic rings. The second-order valence-corrected chi connectivity index (χ2v) is 21.3. The Morgan fingerprint density at radius 1 is 0.707 bits per heavy atom. The van der Waals surface area contributed by atoms with E-state index in [0.29, 0.717) is 24.0 Å². The Balaban J connectivity index is 0.000000370. The molecule has 2 fully saturated rings. The van der Waals surface area contributed by atoms with Gasteiger partial charge in [-0.15, -0.1) is 12.7 Å². The van der Waals surface area contributed by atoms with Crippen LogP contribution < -0.4 is 10.0 Å². The van der Waals surface area contributed by atoms with Gasteiger partial charge in [-0.3, -0.25) is 4.55 Å². The number of benzene rings is 4. The van der Waals surface area contributed by atoms with Crippen molar-refractivity contribution < 1.29 is 38.1 Å². The minimum atomic E-state index is -3.67. The molecule has 58 heavy (non-hydrogen) atoms. The van der Waals surface area contributed by atoms with Crippen LogP contribution in [-0.2, 0) is 30.5 Å². The molecular formula is C50H70NO4PPdS-. The fourth-order valence-electron chi connectivity index (χ4n) is 8.45. The summed E-state index contributed by atoms with van der Waals surface area (Å²) in [4.78, 5) is 0. The van der Waals surface area contributed by atoms with E-state index >= 15 is 0 Å². The van der Waals surface area contributed by atoms with Gasteiger partial charge in [0.1, 0.15) is 5.75 Å². The van der Waals surface area contributed by atoms with Gasteiger partial charge in [-0.25, -0.2) is 0 Å². The predicted octanol–water partition coefficient (Wildman–Crippen LogP) is 14.6. The van der Waals surface area contributed by atoms with Crippen LogP contribution in [0.3, 0.4) is 0 Å². The molecule has 8 heteroatoms. The molecule has 2 aliphatic carbocycles. The van der Waals surface area contributed by atoms with Crippen molar-refractivity contribution in [2.45, 2.75) is 155 Å². The van der Waals surface area contributed by atoms with E-state index in [9.17, 15) is 8.42 Å². The van der Waals surface area contributed by atoms with Gasteiger partial charge >= 0.3 is 0 Å². The molecule has 6 rings (SSSR count). The van der Waals surface area contributed by atoms with Crippen molar-refractivity contribution in [2.24, 2.45) is 0 Å². The molecule has 5 nitrogen and oxygen atoms in total. The third kappa shape index (κ3) is 14.6. The summed E-state index contributed by atoms with van der Waals surface area (Å²) in [5.74, 6) is 2.70. The molecule has 0 aliphatic heterocycles. The van der Waals surface area contributed by atoms with E-state index in [2.05, 4.69) is 103 Å².